The smallest absolute Gasteiger partial charge is 0.255 e. The van der Waals surface area contributed by atoms with Crippen LogP contribution in [0.3, 0.4) is 0 Å². The second kappa shape index (κ2) is 5.50. The number of nitrogens with one attached hydrogen (secondary N) is 1. The monoisotopic (exact) mass is 360 g/mol. The molecule has 22 heavy (non-hydrogen) atoms. The fourth-order valence-corrected chi connectivity index (χ4v) is 2.79. The van der Waals surface area contributed by atoms with Gasteiger partial charge in [0.25, 0.3) is 5.24 Å². The first-order valence-electron chi connectivity index (χ1n) is 5.92. The summed E-state index contributed by atoms with van der Waals surface area (Å²) < 4.78 is 27.8. The summed E-state index contributed by atoms with van der Waals surface area (Å²) >= 11 is 17.3. The van der Waals surface area contributed by atoms with E-state index >= 15 is 0 Å². The van der Waals surface area contributed by atoms with Crippen LogP contribution in [0.2, 0.25) is 10.0 Å². The standard InChI is InChI=1S/C14H5Cl3F2N2O/c15-6-2-1-3-7(16)9(6)14-20-8-4-5(13(17)22)10(18)11(19)12(8)21-14/h1-4H,(H,20,21). The molecule has 0 spiro atoms. The van der Waals surface area contributed by atoms with Gasteiger partial charge in [-0.3, -0.25) is 4.79 Å². The molecule has 0 aliphatic rings. The minimum atomic E-state index is -1.35. The number of H-pyrrole nitrogens is 1. The van der Waals surface area contributed by atoms with Crippen LogP contribution in [-0.4, -0.2) is 15.2 Å². The Morgan fingerprint density at radius 1 is 1.14 bits per heavy atom. The largest absolute Gasteiger partial charge is 0.338 e. The van der Waals surface area contributed by atoms with E-state index in [-0.39, 0.29) is 16.9 Å². The average Bonchev–Trinajstić information content (AvgIpc) is 2.86. The van der Waals surface area contributed by atoms with E-state index in [0.717, 1.165) is 6.07 Å². The lowest BCUT2D eigenvalue weighted by Gasteiger charge is -2.02. The molecule has 0 aliphatic heterocycles. The lowest BCUT2D eigenvalue weighted by Crippen LogP contribution is -1.98. The third-order valence-electron chi connectivity index (χ3n) is 3.07. The van der Waals surface area contributed by atoms with Crippen LogP contribution in [0, 0.1) is 11.6 Å². The molecule has 0 atom stereocenters. The van der Waals surface area contributed by atoms with Crippen molar-refractivity contribution in [2.24, 2.45) is 0 Å². The van der Waals surface area contributed by atoms with Gasteiger partial charge in [-0.1, -0.05) is 29.3 Å². The van der Waals surface area contributed by atoms with E-state index in [2.05, 4.69) is 9.97 Å². The fraction of sp³-hybridized carbons (Fsp3) is 0. The molecule has 0 fully saturated rings. The number of halogens is 5. The van der Waals surface area contributed by atoms with Crippen LogP contribution >= 0.6 is 34.8 Å². The Morgan fingerprint density at radius 2 is 1.77 bits per heavy atom. The molecule has 0 unspecified atom stereocenters. The van der Waals surface area contributed by atoms with Gasteiger partial charge in [-0.25, -0.2) is 13.8 Å². The Balaban J connectivity index is 2.31. The van der Waals surface area contributed by atoms with Crippen LogP contribution < -0.4 is 0 Å². The molecule has 112 valence electrons. The SMILES string of the molecule is O=C(Cl)c1cc2[nH]c(-c3c(Cl)cccc3Cl)nc2c(F)c1F. The molecule has 3 nitrogen and oxygen atoms in total. The van der Waals surface area contributed by atoms with Crippen molar-refractivity contribution in [1.82, 2.24) is 9.97 Å². The predicted molar refractivity (Wildman–Crippen MR) is 81.6 cm³/mol. The molecule has 8 heteroatoms. The lowest BCUT2D eigenvalue weighted by molar-refractivity contribution is 0.107. The average molecular weight is 362 g/mol. The van der Waals surface area contributed by atoms with Crippen LogP contribution in [0.5, 0.6) is 0 Å². The summed E-state index contributed by atoms with van der Waals surface area (Å²) in [5, 5.41) is -0.521. The van der Waals surface area contributed by atoms with Crippen molar-refractivity contribution in [3.05, 3.63) is 51.5 Å². The molecule has 0 saturated carbocycles. The Bertz CT molecular complexity index is 904. The van der Waals surface area contributed by atoms with E-state index < -0.39 is 22.4 Å². The van der Waals surface area contributed by atoms with Crippen LogP contribution in [0.25, 0.3) is 22.4 Å². The van der Waals surface area contributed by atoms with Crippen LogP contribution in [-0.2, 0) is 0 Å². The Hall–Kier alpha value is -1.69. The molecule has 0 aliphatic carbocycles. The third-order valence-corrected chi connectivity index (χ3v) is 3.90. The molecule has 1 N–H and O–H groups in total. The van der Waals surface area contributed by atoms with Gasteiger partial charge < -0.3 is 4.98 Å². The van der Waals surface area contributed by atoms with Gasteiger partial charge in [0.2, 0.25) is 0 Å². The summed E-state index contributed by atoms with van der Waals surface area (Å²) in [6.07, 6.45) is 0. The number of benzene rings is 2. The first kappa shape index (κ1) is 15.2. The second-order valence-corrected chi connectivity index (χ2v) is 5.56. The highest BCUT2D eigenvalue weighted by Gasteiger charge is 2.21. The molecule has 1 heterocycles. The molecule has 2 aromatic carbocycles. The molecule has 1 aromatic heterocycles. The first-order chi connectivity index (χ1) is 10.4. The Kier molecular flexibility index (Phi) is 3.80. The van der Waals surface area contributed by atoms with Crippen LogP contribution in [0.1, 0.15) is 10.4 Å². The third kappa shape index (κ3) is 2.35. The summed E-state index contributed by atoms with van der Waals surface area (Å²) in [4.78, 5) is 17.9. The van der Waals surface area contributed by atoms with E-state index in [1.165, 1.54) is 0 Å². The molecule has 3 aromatic rings. The number of fused-ring (bicyclic) bond motifs is 1. The number of hydrogen-bond acceptors (Lipinski definition) is 2. The van der Waals surface area contributed by atoms with E-state index in [1.807, 2.05) is 0 Å². The van der Waals surface area contributed by atoms with E-state index in [9.17, 15) is 13.6 Å². The molecule has 0 saturated heterocycles. The van der Waals surface area contributed by atoms with Gasteiger partial charge in [0.1, 0.15) is 11.3 Å². The maximum absolute atomic E-state index is 14.0. The summed E-state index contributed by atoms with van der Waals surface area (Å²) in [6.45, 7) is 0. The summed E-state index contributed by atoms with van der Waals surface area (Å²) in [5.74, 6) is -2.47. The van der Waals surface area contributed by atoms with Crippen molar-refractivity contribution in [2.75, 3.05) is 0 Å². The topological polar surface area (TPSA) is 45.8 Å². The minimum Gasteiger partial charge on any atom is -0.338 e. The van der Waals surface area contributed by atoms with Crippen molar-refractivity contribution in [3.8, 4) is 11.4 Å². The van der Waals surface area contributed by atoms with E-state index in [0.29, 0.717) is 15.6 Å². The molecular formula is C14H5Cl3F2N2O. The van der Waals surface area contributed by atoms with Crippen molar-refractivity contribution >= 4 is 51.1 Å². The van der Waals surface area contributed by atoms with Crippen molar-refractivity contribution in [3.63, 3.8) is 0 Å². The number of carbonyl (C=O) groups excluding carboxylic acids is 1. The summed E-state index contributed by atoms with van der Waals surface area (Å²) in [7, 11) is 0. The number of rotatable bonds is 2. The van der Waals surface area contributed by atoms with E-state index in [4.69, 9.17) is 34.8 Å². The molecule has 0 amide bonds. The second-order valence-electron chi connectivity index (χ2n) is 4.40. The quantitative estimate of drug-likeness (QED) is 0.638. The van der Waals surface area contributed by atoms with Gasteiger partial charge in [0.05, 0.1) is 26.7 Å². The highest BCUT2D eigenvalue weighted by Crippen LogP contribution is 2.34. The molecular weight excluding hydrogens is 357 g/mol. The van der Waals surface area contributed by atoms with E-state index in [1.54, 1.807) is 18.2 Å². The van der Waals surface area contributed by atoms with Crippen molar-refractivity contribution < 1.29 is 13.6 Å². The van der Waals surface area contributed by atoms with Crippen LogP contribution in [0.15, 0.2) is 24.3 Å². The lowest BCUT2D eigenvalue weighted by atomic mass is 10.2. The van der Waals surface area contributed by atoms with Crippen molar-refractivity contribution in [1.29, 1.82) is 0 Å². The number of aromatic amines is 1. The van der Waals surface area contributed by atoms with Gasteiger partial charge in [-0.2, -0.15) is 0 Å². The highest BCUT2D eigenvalue weighted by atomic mass is 35.5. The molecule has 0 bridgehead atoms. The van der Waals surface area contributed by atoms with Gasteiger partial charge in [-0.15, -0.1) is 0 Å². The fourth-order valence-electron chi connectivity index (χ4n) is 2.07. The van der Waals surface area contributed by atoms with Crippen LogP contribution in [0.4, 0.5) is 8.78 Å². The number of imidazole rings is 1. The maximum atomic E-state index is 14.0. The number of nitrogens with zero attached hydrogens (tertiary/aromatic N) is 1. The summed E-state index contributed by atoms with van der Waals surface area (Å²) in [6, 6.07) is 5.90. The van der Waals surface area contributed by atoms with Gasteiger partial charge in [0, 0.05) is 0 Å². The Labute approximate surface area is 137 Å². The number of aromatic nitrogens is 2. The molecule has 3 rings (SSSR count). The van der Waals surface area contributed by atoms with Gasteiger partial charge in [-0.05, 0) is 29.8 Å². The number of carbonyl (C=O) groups is 1. The van der Waals surface area contributed by atoms with Crippen molar-refractivity contribution in [2.45, 2.75) is 0 Å². The minimum absolute atomic E-state index is 0.105. The zero-order valence-corrected chi connectivity index (χ0v) is 12.8. The van der Waals surface area contributed by atoms with Gasteiger partial charge >= 0.3 is 0 Å². The predicted octanol–water partition coefficient (Wildman–Crippen LogP) is 5.19. The zero-order chi connectivity index (χ0) is 16.0. The van der Waals surface area contributed by atoms with Gasteiger partial charge in [0.15, 0.2) is 11.6 Å². The highest BCUT2D eigenvalue weighted by molar-refractivity contribution is 6.67. The Morgan fingerprint density at radius 3 is 2.36 bits per heavy atom. The zero-order valence-electron chi connectivity index (χ0n) is 10.6. The summed E-state index contributed by atoms with van der Waals surface area (Å²) in [5.41, 5.74) is -0.397. The number of hydrogen-bond donors (Lipinski definition) is 1. The molecule has 0 radical (unpaired) electrons. The normalized spacial score (nSPS) is 11.1. The maximum Gasteiger partial charge on any atom is 0.255 e. The first-order valence-corrected chi connectivity index (χ1v) is 7.05.